The van der Waals surface area contributed by atoms with E-state index in [0.717, 1.165) is 40.2 Å². The summed E-state index contributed by atoms with van der Waals surface area (Å²) in [6, 6.07) is 15.3. The van der Waals surface area contributed by atoms with Gasteiger partial charge in [-0.25, -0.2) is 4.98 Å². The second kappa shape index (κ2) is 7.21. The Kier molecular flexibility index (Phi) is 4.48. The molecule has 0 saturated heterocycles. The molecule has 1 N–H and O–H groups in total. The topological polar surface area (TPSA) is 88.7 Å². The Bertz CT molecular complexity index is 1370. The minimum absolute atomic E-state index is 0.0579. The van der Waals surface area contributed by atoms with Gasteiger partial charge in [0.1, 0.15) is 0 Å². The number of rotatable bonds is 3. The van der Waals surface area contributed by atoms with Gasteiger partial charge in [0.05, 0.1) is 23.2 Å². The van der Waals surface area contributed by atoms with E-state index < -0.39 is 16.4 Å². The molecule has 1 aromatic heterocycles. The van der Waals surface area contributed by atoms with Gasteiger partial charge in [-0.15, -0.1) is 0 Å². The zero-order chi connectivity index (χ0) is 21.7. The van der Waals surface area contributed by atoms with Crippen LogP contribution in [0.2, 0.25) is 0 Å². The fraction of sp³-hybridized carbons (Fsp3) is 0.208. The molecule has 7 nitrogen and oxygen atoms in total. The van der Waals surface area contributed by atoms with Crippen molar-refractivity contribution in [3.63, 3.8) is 0 Å². The highest BCUT2D eigenvalue weighted by Crippen LogP contribution is 2.43. The van der Waals surface area contributed by atoms with Crippen LogP contribution < -0.4 is 4.74 Å². The third-order valence-electron chi connectivity index (χ3n) is 6.01. The third kappa shape index (κ3) is 3.05. The summed E-state index contributed by atoms with van der Waals surface area (Å²) >= 11 is 0. The van der Waals surface area contributed by atoms with E-state index in [-0.39, 0.29) is 5.75 Å². The maximum Gasteiger partial charge on any atom is 0.315 e. The van der Waals surface area contributed by atoms with Gasteiger partial charge in [-0.2, -0.15) is 0 Å². The van der Waals surface area contributed by atoms with Crippen LogP contribution in [0.4, 0.5) is 5.69 Å². The summed E-state index contributed by atoms with van der Waals surface area (Å²) in [5.41, 5.74) is 3.98. The van der Waals surface area contributed by atoms with Gasteiger partial charge in [0.25, 0.3) is 0 Å². The summed E-state index contributed by atoms with van der Waals surface area (Å²) in [7, 11) is 3.44. The Morgan fingerprint density at radius 1 is 1.16 bits per heavy atom. The minimum atomic E-state index is -0.603. The number of likely N-dealkylation sites (N-methyl/N-ethyl adjacent to an activating group) is 1. The minimum Gasteiger partial charge on any atom is -0.500 e. The summed E-state index contributed by atoms with van der Waals surface area (Å²) < 4.78 is 5.22. The van der Waals surface area contributed by atoms with Gasteiger partial charge in [0, 0.05) is 30.1 Å². The van der Waals surface area contributed by atoms with Crippen molar-refractivity contribution in [2.24, 2.45) is 0 Å². The summed E-state index contributed by atoms with van der Waals surface area (Å²) in [5, 5.41) is 25.2. The van der Waals surface area contributed by atoms with Crippen molar-refractivity contribution >= 4 is 27.4 Å². The maximum atomic E-state index is 11.5. The Labute approximate surface area is 178 Å². The highest BCUT2D eigenvalue weighted by Gasteiger charge is 2.26. The van der Waals surface area contributed by atoms with Crippen LogP contribution >= 0.6 is 0 Å². The Hall–Kier alpha value is -3.71. The first-order valence-corrected chi connectivity index (χ1v) is 10.1. The summed E-state index contributed by atoms with van der Waals surface area (Å²) in [6.45, 7) is 1.61. The van der Waals surface area contributed by atoms with E-state index in [4.69, 9.17) is 9.72 Å². The lowest BCUT2D eigenvalue weighted by atomic mass is 9.89. The highest BCUT2D eigenvalue weighted by atomic mass is 16.6. The average Bonchev–Trinajstić information content (AvgIpc) is 2.78. The van der Waals surface area contributed by atoms with E-state index in [1.165, 1.54) is 18.7 Å². The number of phenolic OH excluding ortho intramolecular Hbond substituents is 1. The molecule has 4 aromatic rings. The molecule has 2 heterocycles. The lowest BCUT2D eigenvalue weighted by Gasteiger charge is -2.28. The number of nitro groups is 1. The first-order valence-electron chi connectivity index (χ1n) is 10.1. The van der Waals surface area contributed by atoms with E-state index >= 15 is 0 Å². The number of aromatic hydroxyl groups is 1. The Morgan fingerprint density at radius 3 is 2.74 bits per heavy atom. The van der Waals surface area contributed by atoms with E-state index in [9.17, 15) is 15.2 Å². The normalized spacial score (nSPS) is 14.0. The maximum absolute atomic E-state index is 11.5. The number of nitro benzene ring substituents is 1. The van der Waals surface area contributed by atoms with Gasteiger partial charge >= 0.3 is 5.69 Å². The van der Waals surface area contributed by atoms with Crippen LogP contribution in [0.15, 0.2) is 48.5 Å². The lowest BCUT2D eigenvalue weighted by molar-refractivity contribution is -0.385. The highest BCUT2D eigenvalue weighted by molar-refractivity contribution is 6.09. The van der Waals surface area contributed by atoms with Crippen molar-refractivity contribution in [1.29, 1.82) is 0 Å². The lowest BCUT2D eigenvalue weighted by Crippen LogP contribution is -2.27. The van der Waals surface area contributed by atoms with Crippen molar-refractivity contribution in [2.75, 3.05) is 20.7 Å². The van der Waals surface area contributed by atoms with Crippen LogP contribution in [0.3, 0.4) is 0 Å². The van der Waals surface area contributed by atoms with Gasteiger partial charge in [0.15, 0.2) is 5.75 Å². The second-order valence-corrected chi connectivity index (χ2v) is 7.89. The van der Waals surface area contributed by atoms with Crippen LogP contribution in [0, 0.1) is 10.1 Å². The van der Waals surface area contributed by atoms with Crippen molar-refractivity contribution in [3.8, 4) is 22.8 Å². The molecule has 7 heteroatoms. The molecular weight excluding hydrogens is 394 g/mol. The van der Waals surface area contributed by atoms with Gasteiger partial charge < -0.3 is 14.7 Å². The number of hydrogen-bond acceptors (Lipinski definition) is 6. The smallest absolute Gasteiger partial charge is 0.315 e. The van der Waals surface area contributed by atoms with Gasteiger partial charge in [0.2, 0.25) is 5.75 Å². The standard InChI is InChI=1S/C24H21N3O4/c1-26-10-9-17-18(13-26)23(15-11-20(27(29)30)24(28)21(12-15)31-2)25-19-8-7-14-5-3-4-6-16(14)22(17)19/h3-8,11-12,28H,9-10,13H2,1-2H3. The van der Waals surface area contributed by atoms with Crippen LogP contribution in [0.1, 0.15) is 11.1 Å². The molecular formula is C24H21N3O4. The Balaban J connectivity index is 1.87. The summed E-state index contributed by atoms with van der Waals surface area (Å²) in [6.07, 6.45) is 0.864. The van der Waals surface area contributed by atoms with E-state index in [1.807, 2.05) is 18.2 Å². The number of hydrogen-bond donors (Lipinski definition) is 1. The molecule has 0 unspecified atom stereocenters. The van der Waals surface area contributed by atoms with Crippen molar-refractivity contribution in [1.82, 2.24) is 9.88 Å². The number of pyridine rings is 1. The molecule has 5 rings (SSSR count). The predicted octanol–water partition coefficient (Wildman–Crippen LogP) is 4.67. The molecule has 0 saturated carbocycles. The van der Waals surface area contributed by atoms with Crippen molar-refractivity contribution in [2.45, 2.75) is 13.0 Å². The first-order chi connectivity index (χ1) is 15.0. The molecule has 0 fully saturated rings. The third-order valence-corrected chi connectivity index (χ3v) is 6.01. The van der Waals surface area contributed by atoms with Crippen LogP contribution in [0.5, 0.6) is 11.5 Å². The number of fused-ring (bicyclic) bond motifs is 5. The monoisotopic (exact) mass is 415 g/mol. The number of benzene rings is 3. The van der Waals surface area contributed by atoms with Gasteiger partial charge in [-0.1, -0.05) is 30.3 Å². The molecule has 31 heavy (non-hydrogen) atoms. The van der Waals surface area contributed by atoms with Gasteiger partial charge in [-0.05, 0) is 47.5 Å². The molecule has 0 spiro atoms. The number of ether oxygens (including phenoxy) is 1. The van der Waals surface area contributed by atoms with Crippen LogP contribution in [-0.2, 0) is 13.0 Å². The molecule has 0 aliphatic carbocycles. The molecule has 0 bridgehead atoms. The zero-order valence-corrected chi connectivity index (χ0v) is 17.3. The quantitative estimate of drug-likeness (QED) is 0.297. The second-order valence-electron chi connectivity index (χ2n) is 7.89. The Morgan fingerprint density at radius 2 is 1.97 bits per heavy atom. The van der Waals surface area contributed by atoms with E-state index in [2.05, 4.69) is 30.1 Å². The average molecular weight is 415 g/mol. The zero-order valence-electron chi connectivity index (χ0n) is 17.3. The first kappa shape index (κ1) is 19.3. The number of aromatic nitrogens is 1. The van der Waals surface area contributed by atoms with Crippen LogP contribution in [0.25, 0.3) is 32.9 Å². The number of phenols is 1. The van der Waals surface area contributed by atoms with E-state index in [1.54, 1.807) is 6.07 Å². The molecule has 3 aromatic carbocycles. The fourth-order valence-electron chi connectivity index (χ4n) is 4.51. The number of methoxy groups -OCH3 is 1. The number of nitrogens with zero attached hydrogens (tertiary/aromatic N) is 3. The predicted molar refractivity (Wildman–Crippen MR) is 120 cm³/mol. The summed E-state index contributed by atoms with van der Waals surface area (Å²) in [5.74, 6) is -0.420. The van der Waals surface area contributed by atoms with Crippen molar-refractivity contribution < 1.29 is 14.8 Å². The molecule has 0 atom stereocenters. The molecule has 1 aliphatic heterocycles. The van der Waals surface area contributed by atoms with Crippen molar-refractivity contribution in [3.05, 3.63) is 69.8 Å². The summed E-state index contributed by atoms with van der Waals surface area (Å²) in [4.78, 5) is 18.1. The molecule has 0 radical (unpaired) electrons. The van der Waals surface area contributed by atoms with Crippen LogP contribution in [-0.4, -0.2) is 40.6 Å². The molecule has 156 valence electrons. The SMILES string of the molecule is COc1cc(-c2nc3ccc4ccccc4c3c3c2CN(C)CC3)cc([N+](=O)[O-])c1O. The van der Waals surface area contributed by atoms with E-state index in [0.29, 0.717) is 17.8 Å². The fourth-order valence-corrected chi connectivity index (χ4v) is 4.51. The molecule has 1 aliphatic rings. The molecule has 0 amide bonds. The largest absolute Gasteiger partial charge is 0.500 e. The van der Waals surface area contributed by atoms with Gasteiger partial charge in [-0.3, -0.25) is 10.1 Å².